The van der Waals surface area contributed by atoms with Crippen molar-refractivity contribution >= 4 is 0 Å². The molecule has 1 N–H and O–H groups in total. The second kappa shape index (κ2) is 7.14. The van der Waals surface area contributed by atoms with Crippen molar-refractivity contribution in [1.82, 2.24) is 25.1 Å². The van der Waals surface area contributed by atoms with E-state index in [4.69, 9.17) is 0 Å². The maximum absolute atomic E-state index is 13.0. The largest absolute Gasteiger partial charge is 0.387 e. The fraction of sp³-hybridized carbons (Fsp3) is 0.562. The molecule has 23 heavy (non-hydrogen) atoms. The molecule has 1 aliphatic carbocycles. The maximum atomic E-state index is 13.0. The van der Waals surface area contributed by atoms with Crippen LogP contribution in [0.3, 0.4) is 0 Å². The molecular formula is C16H22FN5O. The van der Waals surface area contributed by atoms with Crippen LogP contribution >= 0.6 is 0 Å². The van der Waals surface area contributed by atoms with Crippen molar-refractivity contribution < 1.29 is 9.50 Å². The Morgan fingerprint density at radius 1 is 1.35 bits per heavy atom. The van der Waals surface area contributed by atoms with E-state index in [0.717, 1.165) is 37.2 Å². The molecule has 0 radical (unpaired) electrons. The van der Waals surface area contributed by atoms with Crippen LogP contribution in [0.4, 0.5) is 4.39 Å². The SMILES string of the molecule is CCCn1nnnc1CN(CC(O)c1ccc(F)cc1)C1CC1. The first-order valence-electron chi connectivity index (χ1n) is 8.10. The lowest BCUT2D eigenvalue weighted by Gasteiger charge is -2.24. The monoisotopic (exact) mass is 319 g/mol. The van der Waals surface area contributed by atoms with Crippen LogP contribution in [-0.2, 0) is 13.1 Å². The number of tetrazole rings is 1. The third-order valence-corrected chi connectivity index (χ3v) is 4.11. The van der Waals surface area contributed by atoms with E-state index in [1.165, 1.54) is 12.1 Å². The molecule has 1 atom stereocenters. The molecule has 0 amide bonds. The molecule has 1 heterocycles. The lowest BCUT2D eigenvalue weighted by Crippen LogP contribution is -2.31. The molecule has 6 nitrogen and oxygen atoms in total. The van der Waals surface area contributed by atoms with Gasteiger partial charge in [0.2, 0.25) is 0 Å². The van der Waals surface area contributed by atoms with E-state index < -0.39 is 6.10 Å². The lowest BCUT2D eigenvalue weighted by atomic mass is 10.1. The van der Waals surface area contributed by atoms with Crippen molar-refractivity contribution in [2.75, 3.05) is 6.54 Å². The number of benzene rings is 1. The van der Waals surface area contributed by atoms with Gasteiger partial charge in [-0.2, -0.15) is 0 Å². The van der Waals surface area contributed by atoms with E-state index >= 15 is 0 Å². The Bertz CT molecular complexity index is 626. The summed E-state index contributed by atoms with van der Waals surface area (Å²) in [5.41, 5.74) is 0.727. The molecule has 124 valence electrons. The van der Waals surface area contributed by atoms with Crippen molar-refractivity contribution in [1.29, 1.82) is 0 Å². The van der Waals surface area contributed by atoms with Gasteiger partial charge in [0.05, 0.1) is 12.6 Å². The lowest BCUT2D eigenvalue weighted by molar-refractivity contribution is 0.102. The summed E-state index contributed by atoms with van der Waals surface area (Å²) in [5, 5.41) is 22.3. The van der Waals surface area contributed by atoms with Crippen LogP contribution in [-0.4, -0.2) is 42.8 Å². The zero-order valence-corrected chi connectivity index (χ0v) is 13.3. The molecule has 2 aromatic rings. The smallest absolute Gasteiger partial charge is 0.165 e. The van der Waals surface area contributed by atoms with Crippen LogP contribution in [0, 0.1) is 5.82 Å². The molecule has 1 aromatic heterocycles. The summed E-state index contributed by atoms with van der Waals surface area (Å²) in [4.78, 5) is 2.21. The zero-order chi connectivity index (χ0) is 16.2. The van der Waals surface area contributed by atoms with Crippen molar-refractivity contribution in [2.24, 2.45) is 0 Å². The Hall–Kier alpha value is -1.86. The van der Waals surface area contributed by atoms with Crippen LogP contribution in [0.15, 0.2) is 24.3 Å². The molecule has 0 bridgehead atoms. The summed E-state index contributed by atoms with van der Waals surface area (Å²) in [6, 6.07) is 6.49. The van der Waals surface area contributed by atoms with Crippen LogP contribution in [0.5, 0.6) is 0 Å². The Morgan fingerprint density at radius 3 is 2.74 bits per heavy atom. The number of halogens is 1. The number of aliphatic hydroxyl groups is 1. The number of rotatable bonds is 8. The number of aryl methyl sites for hydroxylation is 1. The molecule has 1 aliphatic rings. The fourth-order valence-corrected chi connectivity index (χ4v) is 2.70. The van der Waals surface area contributed by atoms with Gasteiger partial charge in [0, 0.05) is 19.1 Å². The highest BCUT2D eigenvalue weighted by Crippen LogP contribution is 2.30. The zero-order valence-electron chi connectivity index (χ0n) is 13.3. The minimum atomic E-state index is -0.647. The van der Waals surface area contributed by atoms with Crippen molar-refractivity contribution in [3.63, 3.8) is 0 Å². The highest BCUT2D eigenvalue weighted by atomic mass is 19.1. The summed E-state index contributed by atoms with van der Waals surface area (Å²) < 4.78 is 14.8. The number of aliphatic hydroxyl groups excluding tert-OH is 1. The van der Waals surface area contributed by atoms with E-state index in [-0.39, 0.29) is 5.82 Å². The van der Waals surface area contributed by atoms with Crippen molar-refractivity contribution in [3.05, 3.63) is 41.5 Å². The molecule has 0 spiro atoms. The van der Waals surface area contributed by atoms with E-state index in [1.807, 2.05) is 4.68 Å². The van der Waals surface area contributed by atoms with Gasteiger partial charge in [-0.25, -0.2) is 9.07 Å². The summed E-state index contributed by atoms with van der Waals surface area (Å²) in [6.45, 7) is 4.00. The van der Waals surface area contributed by atoms with Gasteiger partial charge in [0.15, 0.2) is 5.82 Å². The molecule has 0 saturated heterocycles. The van der Waals surface area contributed by atoms with Crippen LogP contribution in [0.1, 0.15) is 43.7 Å². The average molecular weight is 319 g/mol. The number of hydrogen-bond donors (Lipinski definition) is 1. The molecule has 0 aliphatic heterocycles. The van der Waals surface area contributed by atoms with Crippen molar-refractivity contribution in [3.8, 4) is 0 Å². The Morgan fingerprint density at radius 2 is 2.09 bits per heavy atom. The second-order valence-corrected chi connectivity index (χ2v) is 6.05. The third-order valence-electron chi connectivity index (χ3n) is 4.11. The summed E-state index contributed by atoms with van der Waals surface area (Å²) in [5.74, 6) is 0.531. The third kappa shape index (κ3) is 4.11. The molecule has 1 saturated carbocycles. The topological polar surface area (TPSA) is 67.1 Å². The fourth-order valence-electron chi connectivity index (χ4n) is 2.70. The van der Waals surface area contributed by atoms with Gasteiger partial charge in [-0.3, -0.25) is 4.90 Å². The van der Waals surface area contributed by atoms with Gasteiger partial charge in [-0.15, -0.1) is 5.10 Å². The predicted molar refractivity (Wildman–Crippen MR) is 82.9 cm³/mol. The molecule has 7 heteroatoms. The molecular weight excluding hydrogens is 297 g/mol. The van der Waals surface area contributed by atoms with Crippen LogP contribution in [0.25, 0.3) is 0 Å². The van der Waals surface area contributed by atoms with E-state index in [1.54, 1.807) is 12.1 Å². The number of nitrogens with zero attached hydrogens (tertiary/aromatic N) is 5. The summed E-state index contributed by atoms with van der Waals surface area (Å²) in [6.07, 6.45) is 2.59. The second-order valence-electron chi connectivity index (χ2n) is 6.05. The highest BCUT2D eigenvalue weighted by molar-refractivity contribution is 5.19. The molecule has 1 fully saturated rings. The minimum Gasteiger partial charge on any atom is -0.387 e. The molecule has 3 rings (SSSR count). The van der Waals surface area contributed by atoms with Gasteiger partial charge in [-0.1, -0.05) is 19.1 Å². The van der Waals surface area contributed by atoms with Gasteiger partial charge in [0.1, 0.15) is 5.82 Å². The normalized spacial score (nSPS) is 16.0. The summed E-state index contributed by atoms with van der Waals surface area (Å²) >= 11 is 0. The predicted octanol–water partition coefficient (Wildman–Crippen LogP) is 1.92. The quantitative estimate of drug-likeness (QED) is 0.805. The van der Waals surface area contributed by atoms with Gasteiger partial charge >= 0.3 is 0 Å². The summed E-state index contributed by atoms with van der Waals surface area (Å²) in [7, 11) is 0. The Kier molecular flexibility index (Phi) is 4.97. The Labute approximate surface area is 134 Å². The molecule has 1 aromatic carbocycles. The van der Waals surface area contributed by atoms with Crippen LogP contribution < -0.4 is 0 Å². The van der Waals surface area contributed by atoms with Gasteiger partial charge in [0.25, 0.3) is 0 Å². The number of aromatic nitrogens is 4. The van der Waals surface area contributed by atoms with Crippen LogP contribution in [0.2, 0.25) is 0 Å². The first-order valence-corrected chi connectivity index (χ1v) is 8.10. The number of hydrogen-bond acceptors (Lipinski definition) is 5. The van der Waals surface area contributed by atoms with Crippen molar-refractivity contribution in [2.45, 2.75) is 51.4 Å². The van der Waals surface area contributed by atoms with E-state index in [2.05, 4.69) is 27.3 Å². The van der Waals surface area contributed by atoms with E-state index in [9.17, 15) is 9.50 Å². The Balaban J connectivity index is 1.67. The molecule has 1 unspecified atom stereocenters. The standard InChI is InChI=1S/C16H22FN5O/c1-2-9-22-16(18-19-20-22)11-21(14-7-8-14)10-15(23)12-3-5-13(17)6-4-12/h3-6,14-15,23H,2,7-11H2,1H3. The highest BCUT2D eigenvalue weighted by Gasteiger charge is 2.31. The van der Waals surface area contributed by atoms with Gasteiger partial charge < -0.3 is 5.11 Å². The average Bonchev–Trinajstić information content (AvgIpc) is 3.30. The minimum absolute atomic E-state index is 0.293. The van der Waals surface area contributed by atoms with E-state index in [0.29, 0.717) is 19.1 Å². The maximum Gasteiger partial charge on any atom is 0.165 e. The van der Waals surface area contributed by atoms with Gasteiger partial charge in [-0.05, 0) is 47.4 Å². The first kappa shape index (κ1) is 16.0. The first-order chi connectivity index (χ1) is 11.2.